The molecule has 2 aliphatic rings. The number of carboxylic acid groups (broad SMARTS) is 1. The highest BCUT2D eigenvalue weighted by molar-refractivity contribution is 5.86. The number of urea groups is 1. The van der Waals surface area contributed by atoms with Crippen LogP contribution in [0.25, 0.3) is 0 Å². The number of carboxylic acids is 1. The van der Waals surface area contributed by atoms with Gasteiger partial charge in [-0.15, -0.1) is 0 Å². The van der Waals surface area contributed by atoms with Crippen molar-refractivity contribution in [2.24, 2.45) is 0 Å². The average molecular weight is 297 g/mol. The van der Waals surface area contributed by atoms with Gasteiger partial charge in [-0.25, -0.2) is 9.59 Å². The smallest absolute Gasteiger partial charge is 0.329 e. The Labute approximate surface area is 126 Å². The third-order valence-electron chi connectivity index (χ3n) is 4.92. The maximum Gasteiger partial charge on any atom is 0.329 e. The topological polar surface area (TPSA) is 72.9 Å². The van der Waals surface area contributed by atoms with Crippen molar-refractivity contribution in [1.82, 2.24) is 15.1 Å². The molecule has 2 rings (SSSR count). The lowest BCUT2D eigenvalue weighted by Crippen LogP contribution is -2.55. The maximum atomic E-state index is 12.3. The molecule has 0 radical (unpaired) electrons. The van der Waals surface area contributed by atoms with Crippen LogP contribution in [0.5, 0.6) is 0 Å². The van der Waals surface area contributed by atoms with E-state index in [1.54, 1.807) is 18.7 Å². The molecule has 0 aromatic rings. The summed E-state index contributed by atoms with van der Waals surface area (Å²) in [7, 11) is 0. The van der Waals surface area contributed by atoms with Crippen LogP contribution in [-0.4, -0.2) is 64.7 Å². The van der Waals surface area contributed by atoms with Gasteiger partial charge >= 0.3 is 12.0 Å². The van der Waals surface area contributed by atoms with Crippen LogP contribution in [-0.2, 0) is 4.79 Å². The van der Waals surface area contributed by atoms with Gasteiger partial charge in [-0.2, -0.15) is 0 Å². The zero-order valence-electron chi connectivity index (χ0n) is 13.1. The molecule has 2 aliphatic heterocycles. The molecule has 0 aromatic carbocycles. The van der Waals surface area contributed by atoms with E-state index in [1.807, 2.05) is 0 Å². The van der Waals surface area contributed by atoms with Gasteiger partial charge in [0.15, 0.2) is 0 Å². The summed E-state index contributed by atoms with van der Waals surface area (Å²) in [6, 6.07) is 0.190. The van der Waals surface area contributed by atoms with Crippen molar-refractivity contribution in [1.29, 1.82) is 0 Å². The van der Waals surface area contributed by atoms with E-state index in [9.17, 15) is 14.7 Å². The minimum atomic E-state index is -1.18. The first kappa shape index (κ1) is 16.1. The molecule has 0 aliphatic carbocycles. The number of hydrogen-bond donors (Lipinski definition) is 2. The van der Waals surface area contributed by atoms with Crippen LogP contribution in [0.4, 0.5) is 4.79 Å². The third-order valence-corrected chi connectivity index (χ3v) is 4.92. The number of carbonyl (C=O) groups is 2. The molecule has 0 aromatic heterocycles. The Bertz CT molecular complexity index is 396. The van der Waals surface area contributed by atoms with E-state index in [2.05, 4.69) is 10.2 Å². The van der Waals surface area contributed by atoms with E-state index < -0.39 is 11.5 Å². The van der Waals surface area contributed by atoms with Crippen LogP contribution >= 0.6 is 0 Å². The normalized spacial score (nSPS) is 26.4. The van der Waals surface area contributed by atoms with Gasteiger partial charge in [-0.1, -0.05) is 13.3 Å². The summed E-state index contributed by atoms with van der Waals surface area (Å²) in [5.41, 5.74) is -1.18. The van der Waals surface area contributed by atoms with Crippen molar-refractivity contribution in [2.45, 2.75) is 57.5 Å². The summed E-state index contributed by atoms with van der Waals surface area (Å²) in [5.74, 6) is -0.981. The van der Waals surface area contributed by atoms with Gasteiger partial charge in [0.05, 0.1) is 0 Å². The first-order chi connectivity index (χ1) is 9.96. The van der Waals surface area contributed by atoms with Gasteiger partial charge in [0.1, 0.15) is 5.54 Å². The lowest BCUT2D eigenvalue weighted by molar-refractivity contribution is -0.143. The van der Waals surface area contributed by atoms with Crippen molar-refractivity contribution < 1.29 is 14.7 Å². The second-order valence-corrected chi connectivity index (χ2v) is 6.41. The summed E-state index contributed by atoms with van der Waals surface area (Å²) in [6.45, 7) is 7.02. The number of amides is 2. The van der Waals surface area contributed by atoms with Gasteiger partial charge in [0, 0.05) is 19.1 Å². The van der Waals surface area contributed by atoms with Gasteiger partial charge in [-0.3, -0.25) is 4.90 Å². The molecule has 21 heavy (non-hydrogen) atoms. The summed E-state index contributed by atoms with van der Waals surface area (Å²) < 4.78 is 0. The molecule has 0 spiro atoms. The van der Waals surface area contributed by atoms with Crippen LogP contribution in [0.2, 0.25) is 0 Å². The van der Waals surface area contributed by atoms with Crippen molar-refractivity contribution in [3.05, 3.63) is 0 Å². The van der Waals surface area contributed by atoms with Gasteiger partial charge in [0.25, 0.3) is 0 Å². The van der Waals surface area contributed by atoms with E-state index >= 15 is 0 Å². The molecule has 2 saturated heterocycles. The minimum absolute atomic E-state index is 0.249. The molecule has 6 nitrogen and oxygen atoms in total. The fourth-order valence-corrected chi connectivity index (χ4v) is 3.12. The molecule has 2 unspecified atom stereocenters. The Hall–Kier alpha value is -1.30. The first-order valence-corrected chi connectivity index (χ1v) is 8.01. The van der Waals surface area contributed by atoms with Crippen LogP contribution in [0.3, 0.4) is 0 Å². The summed E-state index contributed by atoms with van der Waals surface area (Å²) in [5, 5.41) is 11.9. The third kappa shape index (κ3) is 3.67. The lowest BCUT2D eigenvalue weighted by atomic mass is 10.00. The molecule has 6 heteroatoms. The number of aliphatic carboxylic acids is 1. The lowest BCUT2D eigenvalue weighted by Gasteiger charge is -2.32. The van der Waals surface area contributed by atoms with Gasteiger partial charge in [-0.05, 0) is 45.7 Å². The second-order valence-electron chi connectivity index (χ2n) is 6.41. The maximum absolute atomic E-state index is 12.3. The largest absolute Gasteiger partial charge is 0.480 e. The highest BCUT2D eigenvalue weighted by Gasteiger charge is 2.37. The minimum Gasteiger partial charge on any atom is -0.480 e. The Morgan fingerprint density at radius 1 is 1.24 bits per heavy atom. The highest BCUT2D eigenvalue weighted by atomic mass is 16.4. The summed E-state index contributed by atoms with van der Waals surface area (Å²) in [6.07, 6.45) is 5.16. The average Bonchev–Trinajstić information content (AvgIpc) is 2.97. The fraction of sp³-hybridized carbons (Fsp3) is 0.867. The molecular weight excluding hydrogens is 270 g/mol. The molecule has 2 atom stereocenters. The van der Waals surface area contributed by atoms with E-state index in [4.69, 9.17) is 0 Å². The zero-order chi connectivity index (χ0) is 15.5. The summed E-state index contributed by atoms with van der Waals surface area (Å²) >= 11 is 0. The van der Waals surface area contributed by atoms with E-state index in [0.717, 1.165) is 19.5 Å². The van der Waals surface area contributed by atoms with Crippen LogP contribution in [0, 0.1) is 0 Å². The number of likely N-dealkylation sites (tertiary alicyclic amines) is 2. The molecule has 120 valence electrons. The molecule has 2 heterocycles. The number of piperidine rings is 1. The fourth-order valence-electron chi connectivity index (χ4n) is 3.12. The monoisotopic (exact) mass is 297 g/mol. The number of rotatable bonds is 4. The molecule has 0 bridgehead atoms. The SMILES string of the molecule is CCC(C)(NC(=O)N1CCC(N2CCCCC2)C1)C(=O)O. The molecule has 2 amide bonds. The Morgan fingerprint density at radius 3 is 2.48 bits per heavy atom. The zero-order valence-corrected chi connectivity index (χ0v) is 13.1. The molecule has 2 N–H and O–H groups in total. The first-order valence-electron chi connectivity index (χ1n) is 8.01. The molecular formula is C15H27N3O3. The Balaban J connectivity index is 1.88. The predicted octanol–water partition coefficient (Wildman–Crippen LogP) is 1.51. The number of carbonyl (C=O) groups excluding carboxylic acids is 1. The quantitative estimate of drug-likeness (QED) is 0.825. The number of nitrogens with one attached hydrogen (secondary N) is 1. The van der Waals surface area contributed by atoms with Crippen LogP contribution in [0.1, 0.15) is 46.0 Å². The molecule has 2 fully saturated rings. The van der Waals surface area contributed by atoms with Crippen molar-refractivity contribution >= 4 is 12.0 Å². The van der Waals surface area contributed by atoms with E-state index in [1.165, 1.54) is 19.3 Å². The van der Waals surface area contributed by atoms with Crippen LogP contribution < -0.4 is 5.32 Å². The standard InChI is InChI=1S/C15H27N3O3/c1-3-15(2,13(19)20)16-14(21)18-10-7-12(11-18)17-8-5-4-6-9-17/h12H,3-11H2,1-2H3,(H,16,21)(H,19,20). The number of hydrogen-bond acceptors (Lipinski definition) is 3. The predicted molar refractivity (Wildman–Crippen MR) is 80.3 cm³/mol. The second kappa shape index (κ2) is 6.64. The highest BCUT2D eigenvalue weighted by Crippen LogP contribution is 2.21. The Morgan fingerprint density at radius 2 is 1.90 bits per heavy atom. The molecule has 0 saturated carbocycles. The summed E-state index contributed by atoms with van der Waals surface area (Å²) in [4.78, 5) is 27.8. The Kier molecular flexibility index (Phi) is 5.08. The number of nitrogens with zero attached hydrogens (tertiary/aromatic N) is 2. The van der Waals surface area contributed by atoms with Gasteiger partial charge in [0.2, 0.25) is 0 Å². The van der Waals surface area contributed by atoms with Crippen LogP contribution in [0.15, 0.2) is 0 Å². The van der Waals surface area contributed by atoms with Crippen molar-refractivity contribution in [3.63, 3.8) is 0 Å². The van der Waals surface area contributed by atoms with Crippen molar-refractivity contribution in [3.8, 4) is 0 Å². The van der Waals surface area contributed by atoms with E-state index in [0.29, 0.717) is 25.6 Å². The van der Waals surface area contributed by atoms with E-state index in [-0.39, 0.29) is 6.03 Å². The van der Waals surface area contributed by atoms with Crippen molar-refractivity contribution in [2.75, 3.05) is 26.2 Å². The van der Waals surface area contributed by atoms with Gasteiger partial charge < -0.3 is 15.3 Å².